The van der Waals surface area contributed by atoms with Crippen molar-refractivity contribution in [2.75, 3.05) is 52.4 Å². The number of hydrogen-bond acceptors (Lipinski definition) is 4. The van der Waals surface area contributed by atoms with E-state index < -0.39 is 0 Å². The summed E-state index contributed by atoms with van der Waals surface area (Å²) in [7, 11) is 3.37. The average molecular weight is 329 g/mol. The lowest BCUT2D eigenvalue weighted by Gasteiger charge is -2.21. The number of carbonyl (C=O) groups is 1. The molecule has 0 radical (unpaired) electrons. The first-order valence-corrected chi connectivity index (χ1v) is 7.79. The Balaban J connectivity index is 2.38. The normalized spacial score (nSPS) is 10.9. The molecule has 1 aromatic carbocycles. The molecule has 0 heterocycles. The molecule has 124 valence electrons. The van der Waals surface area contributed by atoms with Gasteiger partial charge in [-0.15, -0.1) is 0 Å². The number of nitrogens with zero attached hydrogens (tertiary/aromatic N) is 1. The third kappa shape index (κ3) is 7.75. The van der Waals surface area contributed by atoms with E-state index in [0.29, 0.717) is 30.3 Å². The van der Waals surface area contributed by atoms with Gasteiger partial charge in [-0.05, 0) is 18.6 Å². The Labute approximate surface area is 137 Å². The van der Waals surface area contributed by atoms with E-state index in [2.05, 4.69) is 10.2 Å². The molecule has 1 aromatic rings. The minimum absolute atomic E-state index is 0.0396. The molecule has 0 atom stereocenters. The van der Waals surface area contributed by atoms with Crippen molar-refractivity contribution in [1.82, 2.24) is 4.90 Å². The Morgan fingerprint density at radius 1 is 1.14 bits per heavy atom. The Bertz CT molecular complexity index is 443. The summed E-state index contributed by atoms with van der Waals surface area (Å²) in [5.41, 5.74) is 0.650. The SMILES string of the molecule is COCCCN(CCOC)CCC(=O)Nc1ccccc1Cl. The molecule has 0 saturated heterocycles. The van der Waals surface area contributed by atoms with Gasteiger partial charge in [0.2, 0.25) is 5.91 Å². The van der Waals surface area contributed by atoms with Crippen LogP contribution < -0.4 is 5.32 Å². The second-order valence-electron chi connectivity index (χ2n) is 4.96. The number of nitrogens with one attached hydrogen (secondary N) is 1. The van der Waals surface area contributed by atoms with Crippen LogP contribution in [0.5, 0.6) is 0 Å². The van der Waals surface area contributed by atoms with Crippen molar-refractivity contribution in [2.45, 2.75) is 12.8 Å². The van der Waals surface area contributed by atoms with Gasteiger partial charge in [-0.2, -0.15) is 0 Å². The second kappa shape index (κ2) is 11.4. The zero-order chi connectivity index (χ0) is 16.2. The lowest BCUT2D eigenvalue weighted by Crippen LogP contribution is -2.32. The molecule has 0 unspecified atom stereocenters. The van der Waals surface area contributed by atoms with Crippen LogP contribution in [0.15, 0.2) is 24.3 Å². The summed E-state index contributed by atoms with van der Waals surface area (Å²) < 4.78 is 10.2. The highest BCUT2D eigenvalue weighted by Crippen LogP contribution is 2.20. The third-order valence-corrected chi connectivity index (χ3v) is 3.57. The van der Waals surface area contributed by atoms with Gasteiger partial charge in [-0.3, -0.25) is 4.79 Å². The molecule has 0 aliphatic carbocycles. The van der Waals surface area contributed by atoms with Crippen LogP contribution in [-0.4, -0.2) is 57.9 Å². The Hall–Kier alpha value is -1.14. The van der Waals surface area contributed by atoms with Gasteiger partial charge in [0.05, 0.1) is 17.3 Å². The molecule has 1 N–H and O–H groups in total. The highest BCUT2D eigenvalue weighted by Gasteiger charge is 2.09. The van der Waals surface area contributed by atoms with E-state index >= 15 is 0 Å². The minimum Gasteiger partial charge on any atom is -0.385 e. The van der Waals surface area contributed by atoms with Gasteiger partial charge in [0.25, 0.3) is 0 Å². The fraction of sp³-hybridized carbons (Fsp3) is 0.562. The number of ether oxygens (including phenoxy) is 2. The Morgan fingerprint density at radius 2 is 1.86 bits per heavy atom. The van der Waals surface area contributed by atoms with Gasteiger partial charge in [0.15, 0.2) is 0 Å². The van der Waals surface area contributed by atoms with Crippen molar-refractivity contribution in [1.29, 1.82) is 0 Å². The van der Waals surface area contributed by atoms with Gasteiger partial charge in [-0.1, -0.05) is 23.7 Å². The standard InChI is InChI=1S/C16H25ClN2O3/c1-21-12-5-9-19(11-13-22-2)10-8-16(20)18-15-7-4-3-6-14(15)17/h3-4,6-7H,5,8-13H2,1-2H3,(H,18,20). The predicted molar refractivity (Wildman–Crippen MR) is 89.5 cm³/mol. The summed E-state index contributed by atoms with van der Waals surface area (Å²) >= 11 is 6.03. The molecule has 22 heavy (non-hydrogen) atoms. The number of anilines is 1. The van der Waals surface area contributed by atoms with Crippen molar-refractivity contribution in [3.05, 3.63) is 29.3 Å². The molecule has 1 amide bonds. The van der Waals surface area contributed by atoms with Crippen LogP contribution in [0.4, 0.5) is 5.69 Å². The van der Waals surface area contributed by atoms with E-state index in [-0.39, 0.29) is 5.91 Å². The van der Waals surface area contributed by atoms with Crippen LogP contribution in [0.1, 0.15) is 12.8 Å². The molecule has 0 aliphatic rings. The van der Waals surface area contributed by atoms with Gasteiger partial charge in [0, 0.05) is 46.9 Å². The maximum absolute atomic E-state index is 12.0. The molecule has 0 aromatic heterocycles. The number of para-hydroxylation sites is 1. The van der Waals surface area contributed by atoms with Crippen molar-refractivity contribution < 1.29 is 14.3 Å². The van der Waals surface area contributed by atoms with Crippen LogP contribution in [0.3, 0.4) is 0 Å². The Morgan fingerprint density at radius 3 is 2.55 bits per heavy atom. The van der Waals surface area contributed by atoms with Gasteiger partial charge in [0.1, 0.15) is 0 Å². The van der Waals surface area contributed by atoms with Crippen LogP contribution in [0, 0.1) is 0 Å². The molecule has 0 aliphatic heterocycles. The van der Waals surface area contributed by atoms with E-state index in [1.807, 2.05) is 12.1 Å². The molecule has 6 heteroatoms. The highest BCUT2D eigenvalue weighted by atomic mass is 35.5. The number of amides is 1. The summed E-state index contributed by atoms with van der Waals surface area (Å²) in [4.78, 5) is 14.2. The first-order valence-electron chi connectivity index (χ1n) is 7.42. The molecule has 5 nitrogen and oxygen atoms in total. The van der Waals surface area contributed by atoms with E-state index in [4.69, 9.17) is 21.1 Å². The highest BCUT2D eigenvalue weighted by molar-refractivity contribution is 6.33. The molecule has 1 rings (SSSR count). The molecule has 0 fully saturated rings. The second-order valence-corrected chi connectivity index (χ2v) is 5.37. The van der Waals surface area contributed by atoms with Crippen LogP contribution in [0.25, 0.3) is 0 Å². The topological polar surface area (TPSA) is 50.8 Å². The van der Waals surface area contributed by atoms with Crippen LogP contribution >= 0.6 is 11.6 Å². The van der Waals surface area contributed by atoms with Gasteiger partial charge in [-0.25, -0.2) is 0 Å². The van der Waals surface area contributed by atoms with Crippen molar-refractivity contribution >= 4 is 23.2 Å². The summed E-state index contributed by atoms with van der Waals surface area (Å²) in [6.45, 7) is 3.74. The zero-order valence-corrected chi connectivity index (χ0v) is 14.1. The number of carbonyl (C=O) groups excluding carboxylic acids is 1. The molecule has 0 saturated carbocycles. The number of benzene rings is 1. The van der Waals surface area contributed by atoms with Crippen molar-refractivity contribution in [3.8, 4) is 0 Å². The molecular formula is C16H25ClN2O3. The van der Waals surface area contributed by atoms with Crippen LogP contribution in [-0.2, 0) is 14.3 Å². The Kier molecular flexibility index (Phi) is 9.82. The van der Waals surface area contributed by atoms with E-state index in [1.165, 1.54) is 0 Å². The third-order valence-electron chi connectivity index (χ3n) is 3.24. The molecule has 0 spiro atoms. The summed E-state index contributed by atoms with van der Waals surface area (Å²) in [5.74, 6) is -0.0396. The number of rotatable bonds is 11. The number of methoxy groups -OCH3 is 2. The van der Waals surface area contributed by atoms with Crippen molar-refractivity contribution in [2.24, 2.45) is 0 Å². The molecule has 0 bridgehead atoms. The maximum atomic E-state index is 12.0. The summed E-state index contributed by atoms with van der Waals surface area (Å²) in [5, 5.41) is 3.38. The van der Waals surface area contributed by atoms with Crippen LogP contribution in [0.2, 0.25) is 5.02 Å². The van der Waals surface area contributed by atoms with Gasteiger partial charge >= 0.3 is 0 Å². The predicted octanol–water partition coefficient (Wildman–Crippen LogP) is 2.65. The number of halogens is 1. The maximum Gasteiger partial charge on any atom is 0.225 e. The fourth-order valence-corrected chi connectivity index (χ4v) is 2.21. The van der Waals surface area contributed by atoms with E-state index in [1.54, 1.807) is 26.4 Å². The lowest BCUT2D eigenvalue weighted by atomic mass is 10.3. The zero-order valence-electron chi connectivity index (χ0n) is 13.3. The first-order chi connectivity index (χ1) is 10.7. The smallest absolute Gasteiger partial charge is 0.225 e. The fourth-order valence-electron chi connectivity index (χ4n) is 2.02. The average Bonchev–Trinajstić information content (AvgIpc) is 2.52. The summed E-state index contributed by atoms with van der Waals surface area (Å²) in [6, 6.07) is 7.23. The largest absolute Gasteiger partial charge is 0.385 e. The number of hydrogen-bond donors (Lipinski definition) is 1. The lowest BCUT2D eigenvalue weighted by molar-refractivity contribution is -0.116. The molecular weight excluding hydrogens is 304 g/mol. The van der Waals surface area contributed by atoms with E-state index in [9.17, 15) is 4.79 Å². The van der Waals surface area contributed by atoms with E-state index in [0.717, 1.165) is 26.1 Å². The van der Waals surface area contributed by atoms with Crippen molar-refractivity contribution in [3.63, 3.8) is 0 Å². The monoisotopic (exact) mass is 328 g/mol. The quantitative estimate of drug-likeness (QED) is 0.634. The minimum atomic E-state index is -0.0396. The summed E-state index contributed by atoms with van der Waals surface area (Å²) in [6.07, 6.45) is 1.36. The van der Waals surface area contributed by atoms with Gasteiger partial charge < -0.3 is 19.7 Å². The first kappa shape index (κ1) is 18.9.